The summed E-state index contributed by atoms with van der Waals surface area (Å²) in [5.74, 6) is 1.99. The quantitative estimate of drug-likeness (QED) is 0.789. The molecule has 0 aliphatic rings. The third-order valence-corrected chi connectivity index (χ3v) is 4.46. The zero-order valence-electron chi connectivity index (χ0n) is 9.85. The molecule has 0 radical (unpaired) electrons. The third kappa shape index (κ3) is 4.06. The molecular weight excluding hydrogens is 248 g/mol. The van der Waals surface area contributed by atoms with E-state index >= 15 is 0 Å². The Labute approximate surface area is 110 Å². The lowest BCUT2D eigenvalue weighted by atomic mass is 10.3. The summed E-state index contributed by atoms with van der Waals surface area (Å²) in [4.78, 5) is 4.30. The number of hydrogen-bond acceptors (Lipinski definition) is 4. The minimum Gasteiger partial charge on any atom is -0.370 e. The van der Waals surface area contributed by atoms with Gasteiger partial charge in [-0.2, -0.15) is 0 Å². The Balaban J connectivity index is 1.91. The van der Waals surface area contributed by atoms with Crippen molar-refractivity contribution >= 4 is 28.9 Å². The van der Waals surface area contributed by atoms with E-state index in [0.29, 0.717) is 0 Å². The molecule has 0 fully saturated rings. The van der Waals surface area contributed by atoms with Gasteiger partial charge in [-0.3, -0.25) is 0 Å². The van der Waals surface area contributed by atoms with E-state index in [1.165, 1.54) is 9.77 Å². The molecule has 0 bridgehead atoms. The molecule has 0 aliphatic carbocycles. The zero-order valence-corrected chi connectivity index (χ0v) is 11.5. The van der Waals surface area contributed by atoms with Gasteiger partial charge in [-0.05, 0) is 35.6 Å². The van der Waals surface area contributed by atoms with Crippen LogP contribution in [0.25, 0.3) is 0 Å². The summed E-state index contributed by atoms with van der Waals surface area (Å²) in [6.07, 6.45) is 3.00. The number of hydrogen-bond donors (Lipinski definition) is 1. The first kappa shape index (κ1) is 12.5. The average molecular weight is 264 g/mol. The molecule has 0 aromatic carbocycles. The van der Waals surface area contributed by atoms with Gasteiger partial charge in [-0.1, -0.05) is 13.0 Å². The summed E-state index contributed by atoms with van der Waals surface area (Å²) in [6.45, 7) is 3.14. The van der Waals surface area contributed by atoms with Gasteiger partial charge < -0.3 is 5.32 Å². The maximum Gasteiger partial charge on any atom is 0.126 e. The standard InChI is InChI=1S/C13H16N2S2/c1-2-6-14-12-9-11(5-7-15-12)10-17-13-4-3-8-16-13/h3-5,7-9H,2,6,10H2,1H3,(H,14,15). The van der Waals surface area contributed by atoms with Crippen molar-refractivity contribution in [1.82, 2.24) is 4.98 Å². The number of pyridine rings is 1. The SMILES string of the molecule is CCCNc1cc(CSc2cccs2)ccn1. The van der Waals surface area contributed by atoms with Crippen molar-refractivity contribution in [2.45, 2.75) is 23.3 Å². The average Bonchev–Trinajstić information content (AvgIpc) is 2.87. The van der Waals surface area contributed by atoms with Crippen LogP contribution in [0.15, 0.2) is 40.1 Å². The van der Waals surface area contributed by atoms with E-state index in [2.05, 4.69) is 46.9 Å². The lowest BCUT2D eigenvalue weighted by Crippen LogP contribution is -2.01. The second kappa shape index (κ2) is 6.67. The molecule has 1 N–H and O–H groups in total. The van der Waals surface area contributed by atoms with E-state index in [-0.39, 0.29) is 0 Å². The number of thiophene rings is 1. The Morgan fingerprint density at radius 1 is 1.41 bits per heavy atom. The molecule has 0 unspecified atom stereocenters. The lowest BCUT2D eigenvalue weighted by Gasteiger charge is -2.05. The highest BCUT2D eigenvalue weighted by Gasteiger charge is 1.99. The summed E-state index contributed by atoms with van der Waals surface area (Å²) in [5, 5.41) is 5.42. The van der Waals surface area contributed by atoms with Crippen LogP contribution >= 0.6 is 23.1 Å². The number of nitrogens with zero attached hydrogens (tertiary/aromatic N) is 1. The van der Waals surface area contributed by atoms with E-state index in [0.717, 1.165) is 24.5 Å². The zero-order chi connectivity index (χ0) is 11.9. The third-order valence-electron chi connectivity index (χ3n) is 2.26. The summed E-state index contributed by atoms with van der Waals surface area (Å²) in [7, 11) is 0. The van der Waals surface area contributed by atoms with Crippen molar-refractivity contribution in [2.24, 2.45) is 0 Å². The van der Waals surface area contributed by atoms with Crippen LogP contribution in [-0.4, -0.2) is 11.5 Å². The van der Waals surface area contributed by atoms with Crippen molar-refractivity contribution in [2.75, 3.05) is 11.9 Å². The Morgan fingerprint density at radius 2 is 2.35 bits per heavy atom. The molecule has 2 aromatic rings. The molecule has 2 rings (SSSR count). The van der Waals surface area contributed by atoms with Crippen LogP contribution in [0.3, 0.4) is 0 Å². The van der Waals surface area contributed by atoms with Crippen LogP contribution in [0.1, 0.15) is 18.9 Å². The predicted octanol–water partition coefficient (Wildman–Crippen LogP) is 4.26. The van der Waals surface area contributed by atoms with Crippen molar-refractivity contribution in [3.8, 4) is 0 Å². The van der Waals surface area contributed by atoms with E-state index in [1.54, 1.807) is 11.3 Å². The fourth-order valence-corrected chi connectivity index (χ4v) is 3.14. The molecule has 0 amide bonds. The summed E-state index contributed by atoms with van der Waals surface area (Å²) in [5.41, 5.74) is 1.32. The highest BCUT2D eigenvalue weighted by atomic mass is 32.2. The van der Waals surface area contributed by atoms with E-state index in [1.807, 2.05) is 18.0 Å². The van der Waals surface area contributed by atoms with E-state index in [4.69, 9.17) is 0 Å². The van der Waals surface area contributed by atoms with E-state index < -0.39 is 0 Å². The van der Waals surface area contributed by atoms with Crippen molar-refractivity contribution in [3.05, 3.63) is 41.4 Å². The molecule has 90 valence electrons. The van der Waals surface area contributed by atoms with Crippen molar-refractivity contribution < 1.29 is 0 Å². The van der Waals surface area contributed by atoms with Gasteiger partial charge in [0.05, 0.1) is 4.21 Å². The van der Waals surface area contributed by atoms with Crippen LogP contribution in [0.2, 0.25) is 0 Å². The molecule has 17 heavy (non-hydrogen) atoms. The van der Waals surface area contributed by atoms with E-state index in [9.17, 15) is 0 Å². The first-order chi connectivity index (χ1) is 8.38. The minimum absolute atomic E-state index is 0.981. The van der Waals surface area contributed by atoms with Crippen LogP contribution in [-0.2, 0) is 5.75 Å². The van der Waals surface area contributed by atoms with Gasteiger partial charge in [0, 0.05) is 18.5 Å². The van der Waals surface area contributed by atoms with Crippen LogP contribution in [0, 0.1) is 0 Å². The van der Waals surface area contributed by atoms with Gasteiger partial charge in [0.25, 0.3) is 0 Å². The Bertz CT molecular complexity index is 440. The van der Waals surface area contributed by atoms with Crippen molar-refractivity contribution in [1.29, 1.82) is 0 Å². The Hall–Kier alpha value is -1.00. The van der Waals surface area contributed by atoms with Gasteiger partial charge in [0.1, 0.15) is 5.82 Å². The molecule has 4 heteroatoms. The van der Waals surface area contributed by atoms with Gasteiger partial charge in [-0.15, -0.1) is 23.1 Å². The first-order valence-corrected chi connectivity index (χ1v) is 7.60. The topological polar surface area (TPSA) is 24.9 Å². The largest absolute Gasteiger partial charge is 0.370 e. The van der Waals surface area contributed by atoms with Crippen LogP contribution in [0.5, 0.6) is 0 Å². The number of anilines is 1. The monoisotopic (exact) mass is 264 g/mol. The highest BCUT2D eigenvalue weighted by Crippen LogP contribution is 2.27. The van der Waals surface area contributed by atoms with Crippen molar-refractivity contribution in [3.63, 3.8) is 0 Å². The molecule has 2 nitrogen and oxygen atoms in total. The predicted molar refractivity (Wildman–Crippen MR) is 76.9 cm³/mol. The van der Waals surface area contributed by atoms with Crippen LogP contribution in [0.4, 0.5) is 5.82 Å². The molecular formula is C13H16N2S2. The molecule has 0 saturated heterocycles. The van der Waals surface area contributed by atoms with Crippen LogP contribution < -0.4 is 5.32 Å². The second-order valence-electron chi connectivity index (χ2n) is 3.70. The fraction of sp³-hybridized carbons (Fsp3) is 0.308. The second-order valence-corrected chi connectivity index (χ2v) is 5.92. The molecule has 0 atom stereocenters. The number of aromatic nitrogens is 1. The molecule has 2 aromatic heterocycles. The van der Waals surface area contributed by atoms with Gasteiger partial charge in [0.15, 0.2) is 0 Å². The summed E-state index contributed by atoms with van der Waals surface area (Å²) in [6, 6.07) is 8.47. The van der Waals surface area contributed by atoms with Gasteiger partial charge in [0.2, 0.25) is 0 Å². The van der Waals surface area contributed by atoms with Gasteiger partial charge in [-0.25, -0.2) is 4.98 Å². The smallest absolute Gasteiger partial charge is 0.126 e. The highest BCUT2D eigenvalue weighted by molar-refractivity contribution is 8.00. The summed E-state index contributed by atoms with van der Waals surface area (Å²) < 4.78 is 1.37. The normalized spacial score (nSPS) is 10.4. The minimum atomic E-state index is 0.981. The first-order valence-electron chi connectivity index (χ1n) is 5.73. The maximum absolute atomic E-state index is 4.30. The molecule has 0 saturated carbocycles. The summed E-state index contributed by atoms with van der Waals surface area (Å²) >= 11 is 3.67. The maximum atomic E-state index is 4.30. The molecule has 0 aliphatic heterocycles. The fourth-order valence-electron chi connectivity index (χ4n) is 1.41. The molecule has 0 spiro atoms. The number of thioether (sulfide) groups is 1. The van der Waals surface area contributed by atoms with Gasteiger partial charge >= 0.3 is 0 Å². The lowest BCUT2D eigenvalue weighted by molar-refractivity contribution is 0.968. The molecule has 2 heterocycles. The number of nitrogens with one attached hydrogen (secondary N) is 1. The number of rotatable bonds is 6. The Morgan fingerprint density at radius 3 is 3.12 bits per heavy atom. The Kier molecular flexibility index (Phi) is 4.88.